The van der Waals surface area contributed by atoms with Gasteiger partial charge in [-0.2, -0.15) is 5.10 Å². The zero-order valence-corrected chi connectivity index (χ0v) is 12.2. The van der Waals surface area contributed by atoms with E-state index in [0.29, 0.717) is 5.92 Å². The number of hydrogen-bond acceptors (Lipinski definition) is 3. The number of hydrogen-bond donors (Lipinski definition) is 1. The van der Waals surface area contributed by atoms with E-state index in [1.54, 1.807) is 0 Å². The number of nitrogens with one attached hydrogen (secondary N) is 1. The molecule has 0 radical (unpaired) electrons. The van der Waals surface area contributed by atoms with Gasteiger partial charge in [-0.1, -0.05) is 6.07 Å². The van der Waals surface area contributed by atoms with Crippen molar-refractivity contribution in [3.05, 3.63) is 39.8 Å². The summed E-state index contributed by atoms with van der Waals surface area (Å²) in [4.78, 5) is 4.09. The van der Waals surface area contributed by atoms with Gasteiger partial charge < -0.3 is 4.90 Å². The number of nitrogens with zero attached hydrogens (tertiary/aromatic N) is 2. The summed E-state index contributed by atoms with van der Waals surface area (Å²) in [6.45, 7) is 5.66. The van der Waals surface area contributed by atoms with Crippen LogP contribution in [-0.2, 0) is 6.42 Å². The molecule has 1 aliphatic rings. The predicted octanol–water partition coefficient (Wildman–Crippen LogP) is 3.20. The maximum atomic E-state index is 4.43. The van der Waals surface area contributed by atoms with Gasteiger partial charge >= 0.3 is 0 Å². The second kappa shape index (κ2) is 5.88. The van der Waals surface area contributed by atoms with Crippen molar-refractivity contribution in [3.8, 4) is 0 Å². The average Bonchev–Trinajstić information content (AvgIpc) is 3.08. The van der Waals surface area contributed by atoms with E-state index < -0.39 is 0 Å². The molecule has 0 aliphatic carbocycles. The Morgan fingerprint density at radius 1 is 1.53 bits per heavy atom. The molecule has 1 saturated heterocycles. The van der Waals surface area contributed by atoms with Crippen molar-refractivity contribution in [3.63, 3.8) is 0 Å². The van der Waals surface area contributed by atoms with Gasteiger partial charge in [0.25, 0.3) is 0 Å². The van der Waals surface area contributed by atoms with Crippen LogP contribution in [0.5, 0.6) is 0 Å². The minimum Gasteiger partial charge on any atom is -0.302 e. The SMILES string of the molecule is Cc1cc([C@@H]2CCCN(CCc3cccs3)C2)n[nH]1. The molecule has 1 N–H and O–H groups in total. The fraction of sp³-hybridized carbons (Fsp3) is 0.533. The zero-order valence-electron chi connectivity index (χ0n) is 11.4. The Balaban J connectivity index is 1.56. The highest BCUT2D eigenvalue weighted by Crippen LogP contribution is 2.26. The normalized spacial score (nSPS) is 20.8. The van der Waals surface area contributed by atoms with Crippen molar-refractivity contribution in [2.24, 2.45) is 0 Å². The molecule has 0 saturated carbocycles. The Bertz CT molecular complexity index is 503. The van der Waals surface area contributed by atoms with Gasteiger partial charge in [-0.05, 0) is 50.2 Å². The third kappa shape index (κ3) is 3.25. The van der Waals surface area contributed by atoms with Crippen LogP contribution in [0.3, 0.4) is 0 Å². The predicted molar refractivity (Wildman–Crippen MR) is 79.8 cm³/mol. The van der Waals surface area contributed by atoms with Gasteiger partial charge in [0.05, 0.1) is 5.69 Å². The first-order chi connectivity index (χ1) is 9.31. The lowest BCUT2D eigenvalue weighted by molar-refractivity contribution is 0.209. The number of piperidine rings is 1. The molecule has 0 spiro atoms. The molecule has 102 valence electrons. The fourth-order valence-corrected chi connectivity index (χ4v) is 3.57. The minimum atomic E-state index is 0.613. The van der Waals surface area contributed by atoms with Gasteiger partial charge in [-0.15, -0.1) is 11.3 Å². The molecule has 3 heterocycles. The first-order valence-electron chi connectivity index (χ1n) is 7.08. The second-order valence-electron chi connectivity index (χ2n) is 5.44. The highest BCUT2D eigenvalue weighted by Gasteiger charge is 2.22. The third-order valence-electron chi connectivity index (χ3n) is 3.90. The molecule has 1 atom stereocenters. The largest absolute Gasteiger partial charge is 0.302 e. The second-order valence-corrected chi connectivity index (χ2v) is 6.48. The van der Waals surface area contributed by atoms with Crippen LogP contribution in [0.1, 0.15) is 35.0 Å². The van der Waals surface area contributed by atoms with Crippen LogP contribution < -0.4 is 0 Å². The Hall–Kier alpha value is -1.13. The molecule has 4 heteroatoms. The van der Waals surface area contributed by atoms with E-state index in [1.165, 1.54) is 48.6 Å². The lowest BCUT2D eigenvalue weighted by Gasteiger charge is -2.31. The van der Waals surface area contributed by atoms with Crippen molar-refractivity contribution in [1.29, 1.82) is 0 Å². The number of aromatic nitrogens is 2. The van der Waals surface area contributed by atoms with Crippen LogP contribution in [-0.4, -0.2) is 34.7 Å². The van der Waals surface area contributed by atoms with Crippen molar-refractivity contribution in [2.45, 2.75) is 32.1 Å². The van der Waals surface area contributed by atoms with Crippen LogP contribution >= 0.6 is 11.3 Å². The van der Waals surface area contributed by atoms with E-state index in [4.69, 9.17) is 0 Å². The van der Waals surface area contributed by atoms with E-state index in [-0.39, 0.29) is 0 Å². The van der Waals surface area contributed by atoms with Crippen molar-refractivity contribution >= 4 is 11.3 Å². The summed E-state index contributed by atoms with van der Waals surface area (Å²) in [7, 11) is 0. The topological polar surface area (TPSA) is 31.9 Å². The van der Waals surface area contributed by atoms with E-state index >= 15 is 0 Å². The van der Waals surface area contributed by atoms with Crippen LogP contribution in [0.4, 0.5) is 0 Å². The van der Waals surface area contributed by atoms with E-state index in [2.05, 4.69) is 45.6 Å². The summed E-state index contributed by atoms with van der Waals surface area (Å²) in [6.07, 6.45) is 3.75. The van der Waals surface area contributed by atoms with Gasteiger partial charge in [0.2, 0.25) is 0 Å². The van der Waals surface area contributed by atoms with Crippen LogP contribution in [0, 0.1) is 6.92 Å². The smallest absolute Gasteiger partial charge is 0.0668 e. The first-order valence-corrected chi connectivity index (χ1v) is 7.96. The molecule has 0 bridgehead atoms. The zero-order chi connectivity index (χ0) is 13.1. The quantitative estimate of drug-likeness (QED) is 0.929. The maximum Gasteiger partial charge on any atom is 0.0668 e. The third-order valence-corrected chi connectivity index (χ3v) is 4.84. The maximum absolute atomic E-state index is 4.43. The molecule has 0 amide bonds. The summed E-state index contributed by atoms with van der Waals surface area (Å²) in [5, 5.41) is 9.67. The molecular formula is C15H21N3S. The van der Waals surface area contributed by atoms with Crippen molar-refractivity contribution in [2.75, 3.05) is 19.6 Å². The highest BCUT2D eigenvalue weighted by molar-refractivity contribution is 7.09. The number of aryl methyl sites for hydroxylation is 1. The Morgan fingerprint density at radius 3 is 3.21 bits per heavy atom. The van der Waals surface area contributed by atoms with Gasteiger partial charge in [0, 0.05) is 29.6 Å². The minimum absolute atomic E-state index is 0.613. The molecule has 2 aromatic rings. The first kappa shape index (κ1) is 12.9. The monoisotopic (exact) mass is 275 g/mol. The molecule has 19 heavy (non-hydrogen) atoms. The molecule has 3 rings (SSSR count). The Morgan fingerprint density at radius 2 is 2.47 bits per heavy atom. The lowest BCUT2D eigenvalue weighted by atomic mass is 9.94. The number of likely N-dealkylation sites (tertiary alicyclic amines) is 1. The highest BCUT2D eigenvalue weighted by atomic mass is 32.1. The van der Waals surface area contributed by atoms with Gasteiger partial charge in [0.1, 0.15) is 0 Å². The van der Waals surface area contributed by atoms with E-state index in [9.17, 15) is 0 Å². The summed E-state index contributed by atoms with van der Waals surface area (Å²) >= 11 is 1.87. The Kier molecular flexibility index (Phi) is 3.99. The van der Waals surface area contributed by atoms with E-state index in [0.717, 1.165) is 6.54 Å². The fourth-order valence-electron chi connectivity index (χ4n) is 2.87. The Labute approximate surface area is 118 Å². The lowest BCUT2D eigenvalue weighted by Crippen LogP contribution is -2.35. The molecule has 1 fully saturated rings. The summed E-state index contributed by atoms with van der Waals surface area (Å²) in [5.74, 6) is 0.613. The van der Waals surface area contributed by atoms with Crippen LogP contribution in [0.25, 0.3) is 0 Å². The summed E-state index contributed by atoms with van der Waals surface area (Å²) in [6, 6.07) is 6.59. The number of rotatable bonds is 4. The standard InChI is InChI=1S/C15H21N3S/c1-12-10-15(17-16-12)13-4-2-7-18(11-13)8-6-14-5-3-9-19-14/h3,5,9-10,13H,2,4,6-8,11H2,1H3,(H,16,17)/t13-/m1/s1. The van der Waals surface area contributed by atoms with Crippen molar-refractivity contribution < 1.29 is 0 Å². The van der Waals surface area contributed by atoms with Crippen LogP contribution in [0.15, 0.2) is 23.6 Å². The molecule has 1 aliphatic heterocycles. The number of H-pyrrole nitrogens is 1. The van der Waals surface area contributed by atoms with Crippen LogP contribution in [0.2, 0.25) is 0 Å². The summed E-state index contributed by atoms with van der Waals surface area (Å²) in [5.41, 5.74) is 2.42. The van der Waals surface area contributed by atoms with Gasteiger partial charge in [-0.3, -0.25) is 5.10 Å². The molecular weight excluding hydrogens is 254 g/mol. The molecule has 2 aromatic heterocycles. The molecule has 3 nitrogen and oxygen atoms in total. The summed E-state index contributed by atoms with van der Waals surface area (Å²) < 4.78 is 0. The number of aromatic amines is 1. The molecule has 0 aromatic carbocycles. The number of thiophene rings is 1. The molecule has 0 unspecified atom stereocenters. The average molecular weight is 275 g/mol. The van der Waals surface area contributed by atoms with Crippen molar-refractivity contribution in [1.82, 2.24) is 15.1 Å². The van der Waals surface area contributed by atoms with Gasteiger partial charge in [-0.25, -0.2) is 0 Å². The van der Waals surface area contributed by atoms with Gasteiger partial charge in [0.15, 0.2) is 0 Å². The van der Waals surface area contributed by atoms with E-state index in [1.807, 2.05) is 11.3 Å².